The fraction of sp³-hybridized carbons (Fsp3) is 0. The van der Waals surface area contributed by atoms with Crippen LogP contribution in [-0.4, -0.2) is 9.78 Å². The molecule has 3 aromatic rings. The first-order valence-corrected chi connectivity index (χ1v) is 7.51. The lowest BCUT2D eigenvalue weighted by Crippen LogP contribution is -2.21. The van der Waals surface area contributed by atoms with Crippen molar-refractivity contribution in [1.29, 1.82) is 0 Å². The van der Waals surface area contributed by atoms with Crippen molar-refractivity contribution < 1.29 is 0 Å². The van der Waals surface area contributed by atoms with E-state index < -0.39 is 0 Å². The van der Waals surface area contributed by atoms with Crippen molar-refractivity contribution >= 4 is 23.4 Å². The SMILES string of the molecule is O=c1c(Cl)c(Sc2ccccc2)cnn1-c1ccccc1. The summed E-state index contributed by atoms with van der Waals surface area (Å²) in [5.41, 5.74) is 0.379. The Morgan fingerprint density at radius 1 is 0.952 bits per heavy atom. The molecule has 0 aliphatic carbocycles. The van der Waals surface area contributed by atoms with Gasteiger partial charge in [0.05, 0.1) is 16.8 Å². The highest BCUT2D eigenvalue weighted by Gasteiger charge is 2.11. The second-order valence-corrected chi connectivity index (χ2v) is 5.78. The molecule has 3 rings (SSSR count). The lowest BCUT2D eigenvalue weighted by Gasteiger charge is -2.07. The van der Waals surface area contributed by atoms with Gasteiger partial charge in [-0.25, -0.2) is 0 Å². The number of para-hydroxylation sites is 1. The van der Waals surface area contributed by atoms with E-state index in [0.29, 0.717) is 10.6 Å². The summed E-state index contributed by atoms with van der Waals surface area (Å²) in [6.07, 6.45) is 1.62. The minimum atomic E-state index is -0.316. The van der Waals surface area contributed by atoms with E-state index in [-0.39, 0.29) is 10.6 Å². The van der Waals surface area contributed by atoms with Gasteiger partial charge in [-0.15, -0.1) is 0 Å². The normalized spacial score (nSPS) is 10.5. The topological polar surface area (TPSA) is 34.9 Å². The highest BCUT2D eigenvalue weighted by atomic mass is 35.5. The van der Waals surface area contributed by atoms with E-state index >= 15 is 0 Å². The highest BCUT2D eigenvalue weighted by Crippen LogP contribution is 2.30. The molecule has 0 saturated carbocycles. The summed E-state index contributed by atoms with van der Waals surface area (Å²) in [5, 5.41) is 4.39. The quantitative estimate of drug-likeness (QED) is 0.732. The molecule has 1 aromatic heterocycles. The first-order valence-electron chi connectivity index (χ1n) is 6.32. The summed E-state index contributed by atoms with van der Waals surface area (Å²) in [6, 6.07) is 19.0. The zero-order chi connectivity index (χ0) is 14.7. The van der Waals surface area contributed by atoms with Crippen molar-refractivity contribution in [2.75, 3.05) is 0 Å². The molecule has 5 heteroatoms. The molecular weight excluding hydrogens is 304 g/mol. The van der Waals surface area contributed by atoms with Gasteiger partial charge >= 0.3 is 0 Å². The molecule has 0 N–H and O–H groups in total. The van der Waals surface area contributed by atoms with E-state index in [1.54, 1.807) is 6.20 Å². The minimum Gasteiger partial charge on any atom is -0.266 e. The van der Waals surface area contributed by atoms with Gasteiger partial charge in [0.1, 0.15) is 5.02 Å². The lowest BCUT2D eigenvalue weighted by atomic mass is 10.3. The molecule has 1 heterocycles. The number of benzene rings is 2. The van der Waals surface area contributed by atoms with E-state index in [1.807, 2.05) is 60.7 Å². The predicted molar refractivity (Wildman–Crippen MR) is 85.4 cm³/mol. The molecule has 0 amide bonds. The maximum Gasteiger partial charge on any atom is 0.291 e. The van der Waals surface area contributed by atoms with Crippen LogP contribution in [0.3, 0.4) is 0 Å². The van der Waals surface area contributed by atoms with E-state index in [4.69, 9.17) is 11.6 Å². The molecule has 0 fully saturated rings. The fourth-order valence-corrected chi connectivity index (χ4v) is 2.93. The van der Waals surface area contributed by atoms with Gasteiger partial charge < -0.3 is 0 Å². The Labute approximate surface area is 131 Å². The van der Waals surface area contributed by atoms with Gasteiger partial charge in [0.25, 0.3) is 5.56 Å². The molecule has 0 aliphatic heterocycles. The van der Waals surface area contributed by atoms with Crippen LogP contribution < -0.4 is 5.56 Å². The Hall–Kier alpha value is -2.04. The van der Waals surface area contributed by atoms with E-state index in [9.17, 15) is 4.79 Å². The summed E-state index contributed by atoms with van der Waals surface area (Å²) in [5.74, 6) is 0. The Morgan fingerprint density at radius 2 is 1.57 bits per heavy atom. The highest BCUT2D eigenvalue weighted by molar-refractivity contribution is 7.99. The third-order valence-electron chi connectivity index (χ3n) is 2.86. The van der Waals surface area contributed by atoms with Gasteiger partial charge in [0.15, 0.2) is 0 Å². The first-order chi connectivity index (χ1) is 10.3. The van der Waals surface area contributed by atoms with Crippen molar-refractivity contribution in [2.24, 2.45) is 0 Å². The van der Waals surface area contributed by atoms with Crippen LogP contribution >= 0.6 is 23.4 Å². The molecule has 3 nitrogen and oxygen atoms in total. The summed E-state index contributed by atoms with van der Waals surface area (Å²) in [4.78, 5) is 14.0. The lowest BCUT2D eigenvalue weighted by molar-refractivity contribution is 0.791. The molecular formula is C16H11ClN2OS. The van der Waals surface area contributed by atoms with Crippen molar-refractivity contribution in [1.82, 2.24) is 9.78 Å². The maximum atomic E-state index is 12.3. The monoisotopic (exact) mass is 314 g/mol. The third-order valence-corrected chi connectivity index (χ3v) is 4.37. The smallest absolute Gasteiger partial charge is 0.266 e. The van der Waals surface area contributed by atoms with Gasteiger partial charge in [-0.05, 0) is 24.3 Å². The molecule has 0 bridgehead atoms. The van der Waals surface area contributed by atoms with Crippen LogP contribution in [0.4, 0.5) is 0 Å². The number of hydrogen-bond donors (Lipinski definition) is 0. The van der Waals surface area contributed by atoms with Gasteiger partial charge in [-0.1, -0.05) is 59.8 Å². The Kier molecular flexibility index (Phi) is 4.08. The summed E-state index contributed by atoms with van der Waals surface area (Å²) in [7, 11) is 0. The number of halogens is 1. The van der Waals surface area contributed by atoms with Crippen LogP contribution in [0, 0.1) is 0 Å². The minimum absolute atomic E-state index is 0.183. The number of rotatable bonds is 3. The maximum absolute atomic E-state index is 12.3. The molecule has 0 aliphatic rings. The summed E-state index contributed by atoms with van der Waals surface area (Å²) >= 11 is 7.63. The molecule has 0 saturated heterocycles. The fourth-order valence-electron chi connectivity index (χ4n) is 1.86. The molecule has 0 spiro atoms. The van der Waals surface area contributed by atoms with Gasteiger partial charge in [-0.3, -0.25) is 4.79 Å². The standard InChI is InChI=1S/C16H11ClN2OS/c17-15-14(21-13-9-5-2-6-10-13)11-18-19(16(15)20)12-7-3-1-4-8-12/h1-11H. The zero-order valence-electron chi connectivity index (χ0n) is 10.9. The van der Waals surface area contributed by atoms with Crippen LogP contribution in [0.25, 0.3) is 5.69 Å². The summed E-state index contributed by atoms with van der Waals surface area (Å²) in [6.45, 7) is 0. The molecule has 2 aromatic carbocycles. The first kappa shape index (κ1) is 13.9. The van der Waals surface area contributed by atoms with E-state index in [1.165, 1.54) is 16.4 Å². The van der Waals surface area contributed by atoms with Gasteiger partial charge in [0.2, 0.25) is 0 Å². The zero-order valence-corrected chi connectivity index (χ0v) is 12.5. The number of nitrogens with zero attached hydrogens (tertiary/aromatic N) is 2. The third kappa shape index (κ3) is 3.01. The average Bonchev–Trinajstić information content (AvgIpc) is 2.54. The average molecular weight is 315 g/mol. The second kappa shape index (κ2) is 6.16. The molecule has 0 unspecified atom stereocenters. The van der Waals surface area contributed by atoms with Crippen LogP contribution in [0.15, 0.2) is 81.4 Å². The van der Waals surface area contributed by atoms with Gasteiger partial charge in [-0.2, -0.15) is 9.78 Å². The predicted octanol–water partition coefficient (Wildman–Crippen LogP) is 4.04. The summed E-state index contributed by atoms with van der Waals surface area (Å²) < 4.78 is 1.30. The van der Waals surface area contributed by atoms with Gasteiger partial charge in [0, 0.05) is 4.90 Å². The van der Waals surface area contributed by atoms with Crippen LogP contribution in [0.2, 0.25) is 5.02 Å². The Morgan fingerprint density at radius 3 is 2.24 bits per heavy atom. The largest absolute Gasteiger partial charge is 0.291 e. The Balaban J connectivity index is 1.99. The van der Waals surface area contributed by atoms with Crippen LogP contribution in [-0.2, 0) is 0 Å². The second-order valence-electron chi connectivity index (χ2n) is 4.29. The molecule has 0 atom stereocenters. The van der Waals surface area contributed by atoms with Crippen LogP contribution in [0.1, 0.15) is 0 Å². The van der Waals surface area contributed by atoms with Crippen molar-refractivity contribution in [3.05, 3.63) is 82.2 Å². The van der Waals surface area contributed by atoms with Crippen molar-refractivity contribution in [3.63, 3.8) is 0 Å². The van der Waals surface area contributed by atoms with Crippen LogP contribution in [0.5, 0.6) is 0 Å². The number of hydrogen-bond acceptors (Lipinski definition) is 3. The molecule has 0 radical (unpaired) electrons. The Bertz CT molecular complexity index is 804. The van der Waals surface area contributed by atoms with Crippen molar-refractivity contribution in [2.45, 2.75) is 9.79 Å². The van der Waals surface area contributed by atoms with E-state index in [0.717, 1.165) is 4.90 Å². The molecule has 21 heavy (non-hydrogen) atoms. The molecule has 104 valence electrons. The van der Waals surface area contributed by atoms with Crippen molar-refractivity contribution in [3.8, 4) is 5.69 Å². The van der Waals surface area contributed by atoms with E-state index in [2.05, 4.69) is 5.10 Å². The number of aromatic nitrogens is 2.